The van der Waals surface area contributed by atoms with Gasteiger partial charge in [0.1, 0.15) is 0 Å². The number of rotatable bonds is 4. The first-order chi connectivity index (χ1) is 15.1. The van der Waals surface area contributed by atoms with Crippen LogP contribution in [0.4, 0.5) is 5.69 Å². The van der Waals surface area contributed by atoms with Gasteiger partial charge in [0.05, 0.1) is 9.79 Å². The van der Waals surface area contributed by atoms with Crippen LogP contribution in [0.25, 0.3) is 10.9 Å². The van der Waals surface area contributed by atoms with E-state index in [1.54, 1.807) is 6.07 Å². The molecule has 2 fully saturated rings. The molecule has 0 spiro atoms. The van der Waals surface area contributed by atoms with E-state index in [2.05, 4.69) is 51.1 Å². The summed E-state index contributed by atoms with van der Waals surface area (Å²) >= 11 is 3.52. The zero-order valence-electron chi connectivity index (χ0n) is 18.9. The maximum absolute atomic E-state index is 13.8. The van der Waals surface area contributed by atoms with Gasteiger partial charge in [0.2, 0.25) is 9.84 Å². The Morgan fingerprint density at radius 2 is 1.69 bits per heavy atom. The lowest BCUT2D eigenvalue weighted by atomic mass is 10.0. The molecule has 1 saturated carbocycles. The Balaban J connectivity index is 1.49. The van der Waals surface area contributed by atoms with Crippen molar-refractivity contribution in [1.29, 1.82) is 0 Å². The molecule has 0 amide bonds. The van der Waals surface area contributed by atoms with Crippen molar-refractivity contribution in [3.63, 3.8) is 0 Å². The number of fused-ring (bicyclic) bond motifs is 1. The molecular weight excluding hydrogens is 486 g/mol. The fourth-order valence-corrected chi connectivity index (χ4v) is 6.53. The van der Waals surface area contributed by atoms with E-state index in [4.69, 9.17) is 0 Å². The summed E-state index contributed by atoms with van der Waals surface area (Å²) in [6.45, 7) is 10.5. The summed E-state index contributed by atoms with van der Waals surface area (Å²) in [5.41, 5.74) is 2.12. The Hall–Kier alpha value is -1.83. The highest BCUT2D eigenvalue weighted by atomic mass is 79.9. The summed E-state index contributed by atoms with van der Waals surface area (Å²) in [7, 11) is -3.64. The van der Waals surface area contributed by atoms with E-state index >= 15 is 0 Å². The van der Waals surface area contributed by atoms with Crippen LogP contribution in [-0.4, -0.2) is 49.6 Å². The molecule has 5 nitrogen and oxygen atoms in total. The van der Waals surface area contributed by atoms with Crippen molar-refractivity contribution < 1.29 is 8.42 Å². The molecule has 5 rings (SSSR count). The lowest BCUT2D eigenvalue weighted by Gasteiger charge is -2.43. The van der Waals surface area contributed by atoms with Crippen molar-refractivity contribution in [1.82, 2.24) is 9.47 Å². The molecule has 7 heteroatoms. The SMILES string of the molecule is CC(C)(C)N1CCN(c2cccc(S(=O)(=O)c3cn(C4CC4)c4ccc(Br)cc34)c2)CC1. The van der Waals surface area contributed by atoms with Gasteiger partial charge in [0.15, 0.2) is 0 Å². The van der Waals surface area contributed by atoms with Crippen LogP contribution >= 0.6 is 15.9 Å². The standard InChI is InChI=1S/C25H30BrN3O2S/c1-25(2,3)28-13-11-27(12-14-28)20-5-4-6-21(16-20)32(30,31)24-17-29(19-8-9-19)23-10-7-18(26)15-22(23)24/h4-7,10,15-17,19H,8-9,11-14H2,1-3H3. The molecule has 3 aromatic rings. The molecule has 0 N–H and O–H groups in total. The predicted molar refractivity (Wildman–Crippen MR) is 133 cm³/mol. The van der Waals surface area contributed by atoms with E-state index in [0.29, 0.717) is 15.8 Å². The van der Waals surface area contributed by atoms with Gasteiger partial charge in [-0.05, 0) is 70.0 Å². The fourth-order valence-electron chi connectivity index (χ4n) is 4.67. The Kier molecular flexibility index (Phi) is 5.42. The molecule has 170 valence electrons. The third kappa shape index (κ3) is 3.99. The Morgan fingerprint density at radius 1 is 0.969 bits per heavy atom. The summed E-state index contributed by atoms with van der Waals surface area (Å²) in [4.78, 5) is 5.54. The third-order valence-corrected chi connectivity index (χ3v) is 8.98. The van der Waals surface area contributed by atoms with Crippen molar-refractivity contribution in [2.45, 2.75) is 55.0 Å². The number of piperazine rings is 1. The van der Waals surface area contributed by atoms with Crippen molar-refractivity contribution in [3.05, 3.63) is 53.1 Å². The maximum atomic E-state index is 13.8. The normalized spacial score (nSPS) is 18.4. The number of hydrogen-bond acceptors (Lipinski definition) is 4. The fraction of sp³-hybridized carbons (Fsp3) is 0.440. The van der Waals surface area contributed by atoms with Crippen LogP contribution in [0, 0.1) is 0 Å². The quantitative estimate of drug-likeness (QED) is 0.460. The third-order valence-electron chi connectivity index (χ3n) is 6.71. The molecule has 1 aromatic heterocycles. The number of aromatic nitrogens is 1. The van der Waals surface area contributed by atoms with Crippen molar-refractivity contribution in [3.8, 4) is 0 Å². The van der Waals surface area contributed by atoms with E-state index in [-0.39, 0.29) is 5.54 Å². The van der Waals surface area contributed by atoms with Gasteiger partial charge < -0.3 is 9.47 Å². The first kappa shape index (κ1) is 22.0. The monoisotopic (exact) mass is 515 g/mol. The second kappa shape index (κ2) is 7.89. The van der Waals surface area contributed by atoms with Crippen LogP contribution in [0.2, 0.25) is 0 Å². The van der Waals surface area contributed by atoms with Gasteiger partial charge in [-0.3, -0.25) is 4.90 Å². The maximum Gasteiger partial charge on any atom is 0.208 e. The highest BCUT2D eigenvalue weighted by Crippen LogP contribution is 2.41. The Labute approximate surface area is 199 Å². The van der Waals surface area contributed by atoms with Gasteiger partial charge in [-0.1, -0.05) is 22.0 Å². The molecule has 1 aliphatic carbocycles. The van der Waals surface area contributed by atoms with Gasteiger partial charge >= 0.3 is 0 Å². The first-order valence-corrected chi connectivity index (χ1v) is 13.6. The number of hydrogen-bond donors (Lipinski definition) is 0. The zero-order chi connectivity index (χ0) is 22.7. The minimum atomic E-state index is -3.64. The minimum absolute atomic E-state index is 0.154. The lowest BCUT2D eigenvalue weighted by Crippen LogP contribution is -2.53. The lowest BCUT2D eigenvalue weighted by molar-refractivity contribution is 0.128. The number of sulfone groups is 1. The zero-order valence-corrected chi connectivity index (χ0v) is 21.3. The average Bonchev–Trinajstić information content (AvgIpc) is 3.53. The van der Waals surface area contributed by atoms with E-state index in [1.807, 2.05) is 42.6 Å². The highest BCUT2D eigenvalue weighted by molar-refractivity contribution is 9.10. The molecular formula is C25H30BrN3O2S. The number of halogens is 1. The summed E-state index contributed by atoms with van der Waals surface area (Å²) < 4.78 is 30.6. The van der Waals surface area contributed by atoms with Gasteiger partial charge in [-0.25, -0.2) is 8.42 Å². The molecule has 2 aromatic carbocycles. The van der Waals surface area contributed by atoms with E-state index in [0.717, 1.165) is 60.1 Å². The molecule has 0 bridgehead atoms. The topological polar surface area (TPSA) is 45.6 Å². The van der Waals surface area contributed by atoms with Gasteiger partial charge in [-0.2, -0.15) is 0 Å². The van der Waals surface area contributed by atoms with Gasteiger partial charge in [0, 0.05) is 65.0 Å². The van der Waals surface area contributed by atoms with E-state index in [9.17, 15) is 8.42 Å². The molecule has 32 heavy (non-hydrogen) atoms. The summed E-state index contributed by atoms with van der Waals surface area (Å²) in [5, 5.41) is 0.787. The summed E-state index contributed by atoms with van der Waals surface area (Å²) in [6, 6.07) is 13.8. The van der Waals surface area contributed by atoms with Crippen LogP contribution in [0.5, 0.6) is 0 Å². The largest absolute Gasteiger partial charge is 0.369 e. The van der Waals surface area contributed by atoms with Crippen LogP contribution in [0.3, 0.4) is 0 Å². The Morgan fingerprint density at radius 3 is 2.34 bits per heavy atom. The molecule has 2 aliphatic rings. The van der Waals surface area contributed by atoms with Crippen molar-refractivity contribution in [2.75, 3.05) is 31.1 Å². The van der Waals surface area contributed by atoms with Crippen LogP contribution in [0.1, 0.15) is 39.7 Å². The second-order valence-corrected chi connectivity index (χ2v) is 12.8. The number of nitrogens with zero attached hydrogens (tertiary/aromatic N) is 3. The number of benzene rings is 2. The minimum Gasteiger partial charge on any atom is -0.369 e. The highest BCUT2D eigenvalue weighted by Gasteiger charge is 2.31. The van der Waals surface area contributed by atoms with Crippen molar-refractivity contribution in [2.24, 2.45) is 0 Å². The Bertz CT molecular complexity index is 1260. The summed E-state index contributed by atoms with van der Waals surface area (Å²) in [5.74, 6) is 0. The molecule has 2 heterocycles. The summed E-state index contributed by atoms with van der Waals surface area (Å²) in [6.07, 6.45) is 4.06. The second-order valence-electron chi connectivity index (χ2n) is 9.94. The van der Waals surface area contributed by atoms with E-state index in [1.165, 1.54) is 0 Å². The first-order valence-electron chi connectivity index (χ1n) is 11.3. The van der Waals surface area contributed by atoms with Gasteiger partial charge in [-0.15, -0.1) is 0 Å². The van der Waals surface area contributed by atoms with Crippen LogP contribution in [-0.2, 0) is 9.84 Å². The van der Waals surface area contributed by atoms with Crippen LogP contribution < -0.4 is 4.90 Å². The molecule has 1 saturated heterocycles. The van der Waals surface area contributed by atoms with Gasteiger partial charge in [0.25, 0.3) is 0 Å². The smallest absolute Gasteiger partial charge is 0.208 e. The van der Waals surface area contributed by atoms with E-state index < -0.39 is 9.84 Å². The molecule has 0 radical (unpaired) electrons. The number of anilines is 1. The molecule has 0 unspecified atom stereocenters. The molecule has 0 atom stereocenters. The average molecular weight is 517 g/mol. The molecule has 1 aliphatic heterocycles. The predicted octanol–water partition coefficient (Wildman–Crippen LogP) is 5.49. The van der Waals surface area contributed by atoms with Crippen LogP contribution in [0.15, 0.2) is 62.9 Å². The van der Waals surface area contributed by atoms with Crippen molar-refractivity contribution >= 4 is 42.4 Å².